The highest BCUT2D eigenvalue weighted by Gasteiger charge is 2.52. The van der Waals surface area contributed by atoms with Crippen molar-refractivity contribution >= 4 is 41.0 Å². The fraction of sp³-hybridized carbons (Fsp3) is 0.438. The van der Waals surface area contributed by atoms with Gasteiger partial charge in [-0.25, -0.2) is 4.79 Å². The molecular weight excluding hydrogens is 369 g/mol. The Kier molecular flexibility index (Phi) is 5.06. The van der Waals surface area contributed by atoms with Gasteiger partial charge in [0, 0.05) is 6.07 Å². The van der Waals surface area contributed by atoms with Gasteiger partial charge in [0.25, 0.3) is 11.8 Å². The molecule has 0 radical (unpaired) electrons. The molecule has 1 saturated carbocycles. The molecule has 0 atom stereocenters. The van der Waals surface area contributed by atoms with Gasteiger partial charge in [0.2, 0.25) is 0 Å². The van der Waals surface area contributed by atoms with E-state index in [2.05, 4.69) is 10.7 Å². The van der Waals surface area contributed by atoms with E-state index < -0.39 is 23.4 Å². The van der Waals surface area contributed by atoms with Crippen LogP contribution in [-0.2, 0) is 9.59 Å². The van der Waals surface area contributed by atoms with Crippen LogP contribution in [0.2, 0.25) is 10.0 Å². The Labute approximate surface area is 154 Å². The summed E-state index contributed by atoms with van der Waals surface area (Å²) in [5.74, 6) is -0.687. The van der Waals surface area contributed by atoms with E-state index in [-0.39, 0.29) is 6.61 Å². The maximum atomic E-state index is 12.5. The summed E-state index contributed by atoms with van der Waals surface area (Å²) < 4.78 is 5.30. The Morgan fingerprint density at radius 1 is 1.20 bits per heavy atom. The molecule has 25 heavy (non-hydrogen) atoms. The fourth-order valence-electron chi connectivity index (χ4n) is 3.09. The number of nitrogens with zero attached hydrogens (tertiary/aromatic N) is 1. The molecule has 3 rings (SSSR count). The van der Waals surface area contributed by atoms with Crippen LogP contribution in [0.15, 0.2) is 18.2 Å². The SMILES string of the molecule is O=C(COc1ccc(Cl)c(Cl)c1)NN1C(=O)NC2(CCCCC2)C1=O. The molecule has 1 aliphatic carbocycles. The first-order valence-electron chi connectivity index (χ1n) is 7.95. The lowest BCUT2D eigenvalue weighted by Crippen LogP contribution is -2.51. The van der Waals surface area contributed by atoms with E-state index >= 15 is 0 Å². The monoisotopic (exact) mass is 385 g/mol. The third-order valence-electron chi connectivity index (χ3n) is 4.37. The third kappa shape index (κ3) is 3.67. The lowest BCUT2D eigenvalue weighted by atomic mass is 9.82. The van der Waals surface area contributed by atoms with E-state index in [1.165, 1.54) is 6.07 Å². The number of ether oxygens (including phenoxy) is 1. The van der Waals surface area contributed by atoms with Crippen LogP contribution in [0, 0.1) is 0 Å². The molecule has 134 valence electrons. The van der Waals surface area contributed by atoms with Crippen LogP contribution in [0.1, 0.15) is 32.1 Å². The Hall–Kier alpha value is -1.99. The molecule has 1 spiro atoms. The largest absolute Gasteiger partial charge is 0.484 e. The second-order valence-electron chi connectivity index (χ2n) is 6.11. The molecule has 1 saturated heterocycles. The van der Waals surface area contributed by atoms with Crippen molar-refractivity contribution < 1.29 is 19.1 Å². The third-order valence-corrected chi connectivity index (χ3v) is 5.11. The van der Waals surface area contributed by atoms with Gasteiger partial charge in [-0.15, -0.1) is 0 Å². The molecular formula is C16H17Cl2N3O4. The van der Waals surface area contributed by atoms with Gasteiger partial charge < -0.3 is 10.1 Å². The lowest BCUT2D eigenvalue weighted by molar-refractivity contribution is -0.140. The molecule has 2 N–H and O–H groups in total. The molecule has 0 aromatic heterocycles. The molecule has 1 heterocycles. The molecule has 1 aromatic carbocycles. The minimum atomic E-state index is -0.882. The zero-order valence-electron chi connectivity index (χ0n) is 13.3. The average Bonchev–Trinajstić information content (AvgIpc) is 2.81. The van der Waals surface area contributed by atoms with E-state index in [0.29, 0.717) is 28.6 Å². The van der Waals surface area contributed by atoms with E-state index in [4.69, 9.17) is 27.9 Å². The topological polar surface area (TPSA) is 87.7 Å². The number of hydrogen-bond acceptors (Lipinski definition) is 4. The first-order valence-corrected chi connectivity index (χ1v) is 8.71. The van der Waals surface area contributed by atoms with Gasteiger partial charge in [-0.1, -0.05) is 42.5 Å². The average molecular weight is 386 g/mol. The summed E-state index contributed by atoms with van der Waals surface area (Å²) >= 11 is 11.7. The summed E-state index contributed by atoms with van der Waals surface area (Å²) in [4.78, 5) is 36.6. The van der Waals surface area contributed by atoms with Crippen molar-refractivity contribution in [2.24, 2.45) is 0 Å². The Morgan fingerprint density at radius 3 is 2.60 bits per heavy atom. The molecule has 2 fully saturated rings. The Morgan fingerprint density at radius 2 is 1.92 bits per heavy atom. The smallest absolute Gasteiger partial charge is 0.344 e. The minimum absolute atomic E-state index is 0.299. The van der Waals surface area contributed by atoms with Crippen LogP contribution in [-0.4, -0.2) is 35.0 Å². The highest BCUT2D eigenvalue weighted by molar-refractivity contribution is 6.42. The van der Waals surface area contributed by atoms with Crippen molar-refractivity contribution in [3.63, 3.8) is 0 Å². The Bertz CT molecular complexity index is 719. The maximum absolute atomic E-state index is 12.5. The van der Waals surface area contributed by atoms with E-state index in [0.717, 1.165) is 24.3 Å². The van der Waals surface area contributed by atoms with Gasteiger partial charge in [-0.3, -0.25) is 15.0 Å². The summed E-state index contributed by atoms with van der Waals surface area (Å²) in [6.07, 6.45) is 3.95. The molecule has 1 aliphatic heterocycles. The van der Waals surface area contributed by atoms with Crippen LogP contribution in [0.25, 0.3) is 0 Å². The number of carbonyl (C=O) groups excluding carboxylic acids is 3. The molecule has 7 nitrogen and oxygen atoms in total. The second kappa shape index (κ2) is 7.09. The molecule has 4 amide bonds. The van der Waals surface area contributed by atoms with E-state index in [1.54, 1.807) is 12.1 Å². The summed E-state index contributed by atoms with van der Waals surface area (Å²) in [5.41, 5.74) is 1.41. The number of nitrogens with one attached hydrogen (secondary N) is 2. The van der Waals surface area contributed by atoms with Crippen molar-refractivity contribution in [3.8, 4) is 5.75 Å². The fourth-order valence-corrected chi connectivity index (χ4v) is 3.38. The molecule has 1 aromatic rings. The van der Waals surface area contributed by atoms with Crippen molar-refractivity contribution in [1.29, 1.82) is 0 Å². The van der Waals surface area contributed by atoms with Gasteiger partial charge in [0.1, 0.15) is 11.3 Å². The highest BCUT2D eigenvalue weighted by atomic mass is 35.5. The minimum Gasteiger partial charge on any atom is -0.484 e. The van der Waals surface area contributed by atoms with Gasteiger partial charge in [0.15, 0.2) is 6.61 Å². The second-order valence-corrected chi connectivity index (χ2v) is 6.93. The van der Waals surface area contributed by atoms with Crippen molar-refractivity contribution in [3.05, 3.63) is 28.2 Å². The highest BCUT2D eigenvalue weighted by Crippen LogP contribution is 2.33. The van der Waals surface area contributed by atoms with Gasteiger partial charge >= 0.3 is 6.03 Å². The standard InChI is InChI=1S/C16H17Cl2N3O4/c17-11-5-4-10(8-12(11)18)25-9-13(22)20-21-14(23)16(19-15(21)24)6-2-1-3-7-16/h4-5,8H,1-3,6-7,9H2,(H,19,24)(H,20,22). The quantitative estimate of drug-likeness (QED) is 0.779. The first-order chi connectivity index (χ1) is 11.9. The predicted octanol–water partition coefficient (Wildman–Crippen LogP) is 2.66. The van der Waals surface area contributed by atoms with E-state index in [1.807, 2.05) is 0 Å². The van der Waals surface area contributed by atoms with Crippen LogP contribution in [0.3, 0.4) is 0 Å². The summed E-state index contributed by atoms with van der Waals surface area (Å²) in [6.45, 7) is -0.373. The van der Waals surface area contributed by atoms with Crippen molar-refractivity contribution in [2.75, 3.05) is 6.61 Å². The maximum Gasteiger partial charge on any atom is 0.344 e. The van der Waals surface area contributed by atoms with Crippen LogP contribution < -0.4 is 15.5 Å². The molecule has 2 aliphatic rings. The molecule has 0 bridgehead atoms. The first kappa shape index (κ1) is 17.8. The van der Waals surface area contributed by atoms with Crippen molar-refractivity contribution in [1.82, 2.24) is 15.8 Å². The van der Waals surface area contributed by atoms with Crippen LogP contribution >= 0.6 is 23.2 Å². The molecule has 9 heteroatoms. The van der Waals surface area contributed by atoms with Crippen LogP contribution in [0.4, 0.5) is 4.79 Å². The number of amides is 4. The summed E-state index contributed by atoms with van der Waals surface area (Å²) in [6, 6.07) is 3.96. The number of hydrogen-bond donors (Lipinski definition) is 2. The number of urea groups is 1. The van der Waals surface area contributed by atoms with Gasteiger partial charge in [-0.2, -0.15) is 5.01 Å². The van der Waals surface area contributed by atoms with Crippen molar-refractivity contribution in [2.45, 2.75) is 37.6 Å². The number of rotatable bonds is 4. The van der Waals surface area contributed by atoms with Gasteiger partial charge in [-0.05, 0) is 25.0 Å². The summed E-state index contributed by atoms with van der Waals surface area (Å²) in [7, 11) is 0. The number of carbonyl (C=O) groups is 3. The molecule has 0 unspecified atom stereocenters. The van der Waals surface area contributed by atoms with Crippen LogP contribution in [0.5, 0.6) is 5.75 Å². The number of halogens is 2. The van der Waals surface area contributed by atoms with E-state index in [9.17, 15) is 14.4 Å². The zero-order valence-corrected chi connectivity index (χ0v) is 14.8. The number of benzene rings is 1. The predicted molar refractivity (Wildman–Crippen MR) is 91.3 cm³/mol. The normalized spacial score (nSPS) is 19.0. The zero-order chi connectivity index (χ0) is 18.0. The Balaban J connectivity index is 1.58. The summed E-state index contributed by atoms with van der Waals surface area (Å²) in [5, 5.41) is 4.12. The number of imide groups is 1. The number of hydrazine groups is 1. The van der Waals surface area contributed by atoms with Gasteiger partial charge in [0.05, 0.1) is 10.0 Å². The lowest BCUT2D eigenvalue weighted by Gasteiger charge is -2.30.